The molecule has 0 radical (unpaired) electrons. The average Bonchev–Trinajstić information content (AvgIpc) is 3.31. The minimum atomic E-state index is -0.134. The molecular formula is C18H17N5O3. The summed E-state index contributed by atoms with van der Waals surface area (Å²) in [6, 6.07) is 7.52. The molecule has 0 N–H and O–H groups in total. The van der Waals surface area contributed by atoms with Gasteiger partial charge >= 0.3 is 0 Å². The first kappa shape index (κ1) is 16.2. The largest absolute Gasteiger partial charge is 0.488 e. The molecule has 1 aliphatic rings. The molecule has 1 saturated heterocycles. The van der Waals surface area contributed by atoms with E-state index in [2.05, 4.69) is 20.1 Å². The molecule has 1 aromatic carbocycles. The Bertz CT molecular complexity index is 912. The molecule has 2 aromatic heterocycles. The van der Waals surface area contributed by atoms with Crippen molar-refractivity contribution in [2.75, 3.05) is 13.1 Å². The van der Waals surface area contributed by atoms with Crippen LogP contribution in [0.5, 0.6) is 5.75 Å². The van der Waals surface area contributed by atoms with Crippen LogP contribution in [0.4, 0.5) is 0 Å². The Balaban J connectivity index is 1.47. The summed E-state index contributed by atoms with van der Waals surface area (Å²) in [6.45, 7) is 2.87. The van der Waals surface area contributed by atoms with Gasteiger partial charge in [-0.15, -0.1) is 0 Å². The summed E-state index contributed by atoms with van der Waals surface area (Å²) in [4.78, 5) is 26.5. The summed E-state index contributed by atoms with van der Waals surface area (Å²) in [5.74, 6) is 1.51. The normalized spacial score (nSPS) is 16.7. The molecule has 8 nitrogen and oxygen atoms in total. The van der Waals surface area contributed by atoms with Crippen molar-refractivity contribution >= 4 is 5.91 Å². The molecule has 0 saturated carbocycles. The molecule has 3 aromatic rings. The number of nitrogens with zero attached hydrogens (tertiary/aromatic N) is 5. The van der Waals surface area contributed by atoms with E-state index in [4.69, 9.17) is 9.26 Å². The lowest BCUT2D eigenvalue weighted by Gasteiger charge is -2.17. The molecule has 8 heteroatoms. The van der Waals surface area contributed by atoms with Crippen molar-refractivity contribution in [3.8, 4) is 17.2 Å². The highest BCUT2D eigenvalue weighted by atomic mass is 16.5. The molecule has 0 bridgehead atoms. The van der Waals surface area contributed by atoms with E-state index in [9.17, 15) is 4.79 Å². The topological polar surface area (TPSA) is 94.2 Å². The lowest BCUT2D eigenvalue weighted by molar-refractivity contribution is 0.0766. The van der Waals surface area contributed by atoms with E-state index in [0.717, 1.165) is 12.0 Å². The molecule has 1 amide bonds. The van der Waals surface area contributed by atoms with Crippen LogP contribution in [0.25, 0.3) is 11.5 Å². The standard InChI is InChI=1S/C18H17N5O3/c1-12-21-17(26-22-12)14-4-2-3-5-16(14)25-13-6-9-23(11-13)18(24)15-10-19-7-8-20-15/h2-5,7-8,10,13H,6,9,11H2,1H3. The minimum absolute atomic E-state index is 0.110. The molecule has 1 aliphatic heterocycles. The lowest BCUT2D eigenvalue weighted by atomic mass is 10.2. The van der Waals surface area contributed by atoms with E-state index >= 15 is 0 Å². The first-order valence-corrected chi connectivity index (χ1v) is 8.32. The number of aryl methyl sites for hydroxylation is 1. The quantitative estimate of drug-likeness (QED) is 0.710. The van der Waals surface area contributed by atoms with Gasteiger partial charge in [-0.2, -0.15) is 4.98 Å². The number of hydrogen-bond acceptors (Lipinski definition) is 7. The maximum Gasteiger partial charge on any atom is 0.274 e. The number of rotatable bonds is 4. The highest BCUT2D eigenvalue weighted by Gasteiger charge is 2.29. The van der Waals surface area contributed by atoms with Gasteiger partial charge in [-0.05, 0) is 19.1 Å². The molecule has 0 aliphatic carbocycles. The van der Waals surface area contributed by atoms with Gasteiger partial charge in [-0.1, -0.05) is 17.3 Å². The average molecular weight is 351 g/mol. The highest BCUT2D eigenvalue weighted by Crippen LogP contribution is 2.30. The predicted octanol–water partition coefficient (Wildman–Crippen LogP) is 2.13. The number of para-hydroxylation sites is 1. The van der Waals surface area contributed by atoms with Gasteiger partial charge in [0.25, 0.3) is 11.8 Å². The molecule has 3 heterocycles. The minimum Gasteiger partial charge on any atom is -0.488 e. The van der Waals surface area contributed by atoms with E-state index in [-0.39, 0.29) is 12.0 Å². The summed E-state index contributed by atoms with van der Waals surface area (Å²) in [5.41, 5.74) is 1.08. The van der Waals surface area contributed by atoms with E-state index < -0.39 is 0 Å². The van der Waals surface area contributed by atoms with Crippen molar-refractivity contribution in [3.05, 3.63) is 54.4 Å². The second-order valence-electron chi connectivity index (χ2n) is 6.01. The van der Waals surface area contributed by atoms with Gasteiger partial charge in [0.15, 0.2) is 5.82 Å². The zero-order chi connectivity index (χ0) is 17.9. The van der Waals surface area contributed by atoms with Crippen molar-refractivity contribution in [2.24, 2.45) is 0 Å². The Morgan fingerprint density at radius 3 is 2.96 bits per heavy atom. The van der Waals surface area contributed by atoms with Crippen LogP contribution in [0.3, 0.4) is 0 Å². The van der Waals surface area contributed by atoms with Crippen LogP contribution in [-0.4, -0.2) is 50.1 Å². The van der Waals surface area contributed by atoms with Crippen molar-refractivity contribution in [1.29, 1.82) is 0 Å². The van der Waals surface area contributed by atoms with Gasteiger partial charge in [0, 0.05) is 25.4 Å². The number of benzene rings is 1. The fourth-order valence-corrected chi connectivity index (χ4v) is 2.91. The summed E-state index contributed by atoms with van der Waals surface area (Å²) in [7, 11) is 0. The number of carbonyl (C=O) groups excluding carboxylic acids is 1. The zero-order valence-corrected chi connectivity index (χ0v) is 14.2. The van der Waals surface area contributed by atoms with Crippen LogP contribution < -0.4 is 4.74 Å². The third-order valence-electron chi connectivity index (χ3n) is 4.15. The molecule has 0 spiro atoms. The first-order valence-electron chi connectivity index (χ1n) is 8.32. The molecule has 1 atom stereocenters. The summed E-state index contributed by atoms with van der Waals surface area (Å²) in [5, 5.41) is 3.83. The number of likely N-dealkylation sites (tertiary alicyclic amines) is 1. The summed E-state index contributed by atoms with van der Waals surface area (Å²) < 4.78 is 11.4. The van der Waals surface area contributed by atoms with Gasteiger partial charge in [0.1, 0.15) is 17.5 Å². The molecule has 4 rings (SSSR count). The number of carbonyl (C=O) groups is 1. The highest BCUT2D eigenvalue weighted by molar-refractivity contribution is 5.92. The van der Waals surface area contributed by atoms with Crippen LogP contribution in [0.1, 0.15) is 22.7 Å². The van der Waals surface area contributed by atoms with Crippen molar-refractivity contribution < 1.29 is 14.1 Å². The molecule has 1 unspecified atom stereocenters. The van der Waals surface area contributed by atoms with Crippen molar-refractivity contribution in [1.82, 2.24) is 25.0 Å². The van der Waals surface area contributed by atoms with Gasteiger partial charge in [0.05, 0.1) is 18.3 Å². The second-order valence-corrected chi connectivity index (χ2v) is 6.01. The maximum absolute atomic E-state index is 12.5. The van der Waals surface area contributed by atoms with E-state index in [1.165, 1.54) is 12.4 Å². The Hall–Kier alpha value is -3.29. The monoisotopic (exact) mass is 351 g/mol. The molecular weight excluding hydrogens is 334 g/mol. The first-order chi connectivity index (χ1) is 12.7. The van der Waals surface area contributed by atoms with Gasteiger partial charge < -0.3 is 14.2 Å². The van der Waals surface area contributed by atoms with E-state index in [1.54, 1.807) is 18.0 Å². The van der Waals surface area contributed by atoms with Gasteiger partial charge in [0.2, 0.25) is 0 Å². The smallest absolute Gasteiger partial charge is 0.274 e. The number of amides is 1. The third-order valence-corrected chi connectivity index (χ3v) is 4.15. The van der Waals surface area contributed by atoms with Crippen LogP contribution in [0.15, 0.2) is 47.4 Å². The molecule has 132 valence electrons. The third kappa shape index (κ3) is 3.26. The lowest BCUT2D eigenvalue weighted by Crippen LogP contribution is -2.31. The Morgan fingerprint density at radius 1 is 1.31 bits per heavy atom. The summed E-state index contributed by atoms with van der Waals surface area (Å²) in [6.07, 6.45) is 5.16. The molecule has 1 fully saturated rings. The summed E-state index contributed by atoms with van der Waals surface area (Å²) >= 11 is 0. The van der Waals surface area contributed by atoms with Crippen LogP contribution in [0.2, 0.25) is 0 Å². The Kier molecular flexibility index (Phi) is 4.30. The van der Waals surface area contributed by atoms with E-state index in [0.29, 0.717) is 36.2 Å². The predicted molar refractivity (Wildman–Crippen MR) is 91.4 cm³/mol. The Labute approximate surface area is 149 Å². The number of hydrogen-bond donors (Lipinski definition) is 0. The second kappa shape index (κ2) is 6.91. The van der Waals surface area contributed by atoms with Crippen LogP contribution in [0, 0.1) is 6.92 Å². The van der Waals surface area contributed by atoms with Gasteiger partial charge in [-0.3, -0.25) is 9.78 Å². The Morgan fingerprint density at radius 2 is 2.19 bits per heavy atom. The van der Waals surface area contributed by atoms with Crippen molar-refractivity contribution in [3.63, 3.8) is 0 Å². The SMILES string of the molecule is Cc1noc(-c2ccccc2OC2CCN(C(=O)c3cnccn3)C2)n1. The zero-order valence-electron chi connectivity index (χ0n) is 14.2. The van der Waals surface area contributed by atoms with Crippen molar-refractivity contribution in [2.45, 2.75) is 19.4 Å². The fourth-order valence-electron chi connectivity index (χ4n) is 2.91. The number of aromatic nitrogens is 4. The van der Waals surface area contributed by atoms with Crippen LogP contribution >= 0.6 is 0 Å². The molecule has 26 heavy (non-hydrogen) atoms. The van der Waals surface area contributed by atoms with Crippen LogP contribution in [-0.2, 0) is 0 Å². The fraction of sp³-hybridized carbons (Fsp3) is 0.278. The number of ether oxygens (including phenoxy) is 1. The van der Waals surface area contributed by atoms with E-state index in [1.807, 2.05) is 24.3 Å². The van der Waals surface area contributed by atoms with Gasteiger partial charge in [-0.25, -0.2) is 4.98 Å². The maximum atomic E-state index is 12.5.